The van der Waals surface area contributed by atoms with Crippen LogP contribution in [0.3, 0.4) is 0 Å². The van der Waals surface area contributed by atoms with Crippen molar-refractivity contribution in [1.29, 1.82) is 0 Å². The molecule has 7 nitrogen and oxygen atoms in total. The van der Waals surface area contributed by atoms with E-state index < -0.39 is 5.97 Å². The lowest BCUT2D eigenvalue weighted by molar-refractivity contribution is -0.138. The van der Waals surface area contributed by atoms with Crippen molar-refractivity contribution in [2.75, 3.05) is 25.0 Å². The van der Waals surface area contributed by atoms with E-state index in [1.165, 1.54) is 0 Å². The van der Waals surface area contributed by atoms with Crippen molar-refractivity contribution in [1.82, 2.24) is 15.1 Å². The number of aryl methyl sites for hydroxylation is 2. The molecule has 100 valence electrons. The number of carbonyl (C=O) groups excluding carboxylic acids is 1. The lowest BCUT2D eigenvalue weighted by Gasteiger charge is -2.17. The fourth-order valence-corrected chi connectivity index (χ4v) is 1.59. The number of aromatic amines is 1. The van der Waals surface area contributed by atoms with Crippen molar-refractivity contribution >= 4 is 17.6 Å². The second kappa shape index (κ2) is 6.15. The van der Waals surface area contributed by atoms with E-state index >= 15 is 0 Å². The molecule has 0 aliphatic carbocycles. The molecule has 0 radical (unpaired) electrons. The van der Waals surface area contributed by atoms with Gasteiger partial charge in [0.2, 0.25) is 5.91 Å². The predicted octanol–water partition coefficient (Wildman–Crippen LogP) is 0.372. The summed E-state index contributed by atoms with van der Waals surface area (Å²) in [5.41, 5.74) is 2.15. The minimum atomic E-state index is -0.944. The summed E-state index contributed by atoms with van der Waals surface area (Å²) in [4.78, 5) is 23.9. The first kappa shape index (κ1) is 14.2. The van der Waals surface area contributed by atoms with Crippen LogP contribution in [0, 0.1) is 13.8 Å². The maximum Gasteiger partial charge on any atom is 0.317 e. The van der Waals surface area contributed by atoms with Crippen molar-refractivity contribution in [2.45, 2.75) is 20.8 Å². The normalized spacial score (nSPS) is 10.7. The van der Waals surface area contributed by atoms with Crippen LogP contribution < -0.4 is 5.32 Å². The first-order valence-electron chi connectivity index (χ1n) is 5.69. The SMILES string of the molecule is CCN(CC(=O)O)CC(=O)Nc1c(C)n[nH]c1C. The average molecular weight is 254 g/mol. The van der Waals surface area contributed by atoms with Crippen LogP contribution in [0.2, 0.25) is 0 Å². The molecule has 1 amide bonds. The summed E-state index contributed by atoms with van der Waals surface area (Å²) < 4.78 is 0. The highest BCUT2D eigenvalue weighted by atomic mass is 16.4. The van der Waals surface area contributed by atoms with E-state index in [2.05, 4.69) is 15.5 Å². The monoisotopic (exact) mass is 254 g/mol. The van der Waals surface area contributed by atoms with E-state index in [-0.39, 0.29) is 19.0 Å². The maximum absolute atomic E-state index is 11.8. The van der Waals surface area contributed by atoms with Gasteiger partial charge in [-0.15, -0.1) is 0 Å². The maximum atomic E-state index is 11.8. The summed E-state index contributed by atoms with van der Waals surface area (Å²) in [6, 6.07) is 0. The Labute approximate surface area is 105 Å². The second-order valence-electron chi connectivity index (χ2n) is 4.05. The summed E-state index contributed by atoms with van der Waals surface area (Å²) in [5, 5.41) is 18.2. The molecule has 0 saturated carbocycles. The van der Waals surface area contributed by atoms with Crippen LogP contribution in [0.1, 0.15) is 18.3 Å². The zero-order valence-corrected chi connectivity index (χ0v) is 10.8. The summed E-state index contributed by atoms with van der Waals surface area (Å²) >= 11 is 0. The molecule has 0 aromatic carbocycles. The molecule has 0 unspecified atom stereocenters. The number of aromatic nitrogens is 2. The molecule has 0 aliphatic rings. The Morgan fingerprint density at radius 2 is 2.06 bits per heavy atom. The van der Waals surface area contributed by atoms with Gasteiger partial charge < -0.3 is 10.4 Å². The van der Waals surface area contributed by atoms with Gasteiger partial charge in [-0.2, -0.15) is 5.10 Å². The fourth-order valence-electron chi connectivity index (χ4n) is 1.59. The molecule has 0 atom stereocenters. The second-order valence-corrected chi connectivity index (χ2v) is 4.05. The predicted molar refractivity (Wildman–Crippen MR) is 66.4 cm³/mol. The number of hydrogen-bond donors (Lipinski definition) is 3. The van der Waals surface area contributed by atoms with Crippen LogP contribution in [0.5, 0.6) is 0 Å². The number of carbonyl (C=O) groups is 2. The average Bonchev–Trinajstić information content (AvgIpc) is 2.59. The number of nitrogens with one attached hydrogen (secondary N) is 2. The Hall–Kier alpha value is -1.89. The molecule has 0 saturated heterocycles. The Balaban J connectivity index is 2.58. The van der Waals surface area contributed by atoms with E-state index in [4.69, 9.17) is 5.11 Å². The summed E-state index contributed by atoms with van der Waals surface area (Å²) in [6.07, 6.45) is 0. The number of hydrogen-bond acceptors (Lipinski definition) is 4. The summed E-state index contributed by atoms with van der Waals surface area (Å²) in [5.74, 6) is -1.19. The molecule has 0 aliphatic heterocycles. The molecule has 1 aromatic heterocycles. The van der Waals surface area contributed by atoms with Gasteiger partial charge in [0.25, 0.3) is 0 Å². The van der Waals surface area contributed by atoms with Crippen molar-refractivity contribution in [3.8, 4) is 0 Å². The van der Waals surface area contributed by atoms with Gasteiger partial charge in [-0.25, -0.2) is 0 Å². The van der Waals surface area contributed by atoms with E-state index in [9.17, 15) is 9.59 Å². The number of H-pyrrole nitrogens is 1. The van der Waals surface area contributed by atoms with Gasteiger partial charge in [0.15, 0.2) is 0 Å². The molecule has 0 fully saturated rings. The summed E-state index contributed by atoms with van der Waals surface area (Å²) in [7, 11) is 0. The van der Waals surface area contributed by atoms with Gasteiger partial charge in [0.05, 0.1) is 30.2 Å². The van der Waals surface area contributed by atoms with Gasteiger partial charge in [0, 0.05) is 0 Å². The highest BCUT2D eigenvalue weighted by molar-refractivity contribution is 5.93. The van der Waals surface area contributed by atoms with E-state index in [1.807, 2.05) is 13.8 Å². The van der Waals surface area contributed by atoms with E-state index in [1.54, 1.807) is 11.8 Å². The smallest absolute Gasteiger partial charge is 0.317 e. The first-order chi connectivity index (χ1) is 8.43. The van der Waals surface area contributed by atoms with E-state index in [0.29, 0.717) is 17.9 Å². The first-order valence-corrected chi connectivity index (χ1v) is 5.69. The number of anilines is 1. The Bertz CT molecular complexity index is 422. The van der Waals surface area contributed by atoms with Crippen molar-refractivity contribution in [3.05, 3.63) is 11.4 Å². The number of carboxylic acids is 1. The molecule has 18 heavy (non-hydrogen) atoms. The largest absolute Gasteiger partial charge is 0.480 e. The van der Waals surface area contributed by atoms with Gasteiger partial charge >= 0.3 is 5.97 Å². The number of likely N-dealkylation sites (N-methyl/N-ethyl adjacent to an activating group) is 1. The van der Waals surface area contributed by atoms with Crippen molar-refractivity contribution in [3.63, 3.8) is 0 Å². The molecular weight excluding hydrogens is 236 g/mol. The summed E-state index contributed by atoms with van der Waals surface area (Å²) in [6.45, 7) is 5.81. The van der Waals surface area contributed by atoms with Crippen LogP contribution in [0.25, 0.3) is 0 Å². The highest BCUT2D eigenvalue weighted by Crippen LogP contribution is 2.15. The fraction of sp³-hybridized carbons (Fsp3) is 0.545. The molecule has 1 heterocycles. The minimum Gasteiger partial charge on any atom is -0.480 e. The van der Waals surface area contributed by atoms with E-state index in [0.717, 1.165) is 5.69 Å². The lowest BCUT2D eigenvalue weighted by atomic mass is 10.3. The van der Waals surface area contributed by atoms with Crippen LogP contribution >= 0.6 is 0 Å². The third kappa shape index (κ3) is 3.85. The quantitative estimate of drug-likeness (QED) is 0.681. The van der Waals surface area contributed by atoms with Gasteiger partial charge in [-0.05, 0) is 20.4 Å². The van der Waals surface area contributed by atoms with Gasteiger partial charge in [-0.3, -0.25) is 19.6 Å². The zero-order valence-electron chi connectivity index (χ0n) is 10.8. The molecule has 7 heteroatoms. The Kier molecular flexibility index (Phi) is 4.85. The minimum absolute atomic E-state index is 0.0485. The number of amides is 1. The topological polar surface area (TPSA) is 98.3 Å². The molecular formula is C11H18N4O3. The number of carboxylic acid groups (broad SMARTS) is 1. The van der Waals surface area contributed by atoms with Crippen LogP contribution in [0.4, 0.5) is 5.69 Å². The van der Waals surface area contributed by atoms with Crippen molar-refractivity contribution < 1.29 is 14.7 Å². The molecule has 0 bridgehead atoms. The number of nitrogens with zero attached hydrogens (tertiary/aromatic N) is 2. The van der Waals surface area contributed by atoms with Crippen molar-refractivity contribution in [2.24, 2.45) is 0 Å². The number of aliphatic carboxylic acids is 1. The lowest BCUT2D eigenvalue weighted by Crippen LogP contribution is -2.36. The molecule has 1 aromatic rings. The highest BCUT2D eigenvalue weighted by Gasteiger charge is 2.14. The zero-order chi connectivity index (χ0) is 13.7. The molecule has 1 rings (SSSR count). The van der Waals surface area contributed by atoms with Crippen LogP contribution in [-0.4, -0.2) is 51.7 Å². The van der Waals surface area contributed by atoms with Gasteiger partial charge in [0.1, 0.15) is 0 Å². The number of rotatable bonds is 6. The Morgan fingerprint density at radius 3 is 2.50 bits per heavy atom. The Morgan fingerprint density at radius 1 is 1.39 bits per heavy atom. The van der Waals surface area contributed by atoms with Gasteiger partial charge in [-0.1, -0.05) is 6.92 Å². The standard InChI is InChI=1S/C11H18N4O3/c1-4-15(6-10(17)18)5-9(16)12-11-7(2)13-14-8(11)3/h4-6H2,1-3H3,(H,12,16)(H,13,14)(H,17,18). The molecule has 0 spiro atoms. The third-order valence-corrected chi connectivity index (χ3v) is 2.57. The third-order valence-electron chi connectivity index (χ3n) is 2.57. The van der Waals surface area contributed by atoms with Crippen LogP contribution in [-0.2, 0) is 9.59 Å². The van der Waals surface area contributed by atoms with Crippen LogP contribution in [0.15, 0.2) is 0 Å². The molecule has 3 N–H and O–H groups in total.